The molecule has 0 aromatic heterocycles. The molecule has 4 aliphatic rings. The van der Waals surface area contributed by atoms with Gasteiger partial charge in [0.25, 0.3) is 0 Å². The molecule has 4 saturated carbocycles. The second-order valence-corrected chi connectivity index (χ2v) is 12.1. The Labute approximate surface area is 162 Å². The van der Waals surface area contributed by atoms with Crippen molar-refractivity contribution in [3.63, 3.8) is 0 Å². The lowest BCUT2D eigenvalue weighted by Gasteiger charge is -2.61. The lowest BCUT2D eigenvalue weighted by atomic mass is 9.43. The first-order valence-electron chi connectivity index (χ1n) is 11.7. The second kappa shape index (κ2) is 6.08. The Kier molecular flexibility index (Phi) is 4.45. The van der Waals surface area contributed by atoms with Gasteiger partial charge in [-0.25, -0.2) is 0 Å². The minimum atomic E-state index is 0.0156. The molecule has 0 aromatic rings. The minimum Gasteiger partial charge on any atom is -0.299 e. The summed E-state index contributed by atoms with van der Waals surface area (Å²) in [6.45, 7) is 14.6. The molecule has 148 valence electrons. The predicted octanol–water partition coefficient (Wildman–Crippen LogP) is 6.90. The Balaban J connectivity index is 1.61. The van der Waals surface area contributed by atoms with E-state index < -0.39 is 0 Å². The molecular weight excluding hydrogens is 316 g/mol. The van der Waals surface area contributed by atoms with E-state index >= 15 is 0 Å². The van der Waals surface area contributed by atoms with Crippen LogP contribution in [-0.4, -0.2) is 5.78 Å². The summed E-state index contributed by atoms with van der Waals surface area (Å²) in [6, 6.07) is 0. The highest BCUT2D eigenvalue weighted by Gasteiger charge is 2.63. The lowest BCUT2D eigenvalue weighted by molar-refractivity contribution is -0.159. The molecule has 0 aliphatic heterocycles. The normalized spacial score (nSPS) is 51.5. The van der Waals surface area contributed by atoms with Crippen molar-refractivity contribution >= 4 is 5.78 Å². The minimum absolute atomic E-state index is 0.0156. The van der Waals surface area contributed by atoms with Gasteiger partial charge in [-0.05, 0) is 91.3 Å². The van der Waals surface area contributed by atoms with Crippen LogP contribution in [0.5, 0.6) is 0 Å². The number of fused-ring (bicyclic) bond motifs is 5. The van der Waals surface area contributed by atoms with Gasteiger partial charge in [-0.3, -0.25) is 4.79 Å². The fraction of sp³-hybridized carbons (Fsp3) is 0.960. The van der Waals surface area contributed by atoms with E-state index in [1.54, 1.807) is 0 Å². The van der Waals surface area contributed by atoms with Gasteiger partial charge in [0, 0.05) is 11.8 Å². The van der Waals surface area contributed by atoms with Gasteiger partial charge in [-0.15, -0.1) is 0 Å². The summed E-state index contributed by atoms with van der Waals surface area (Å²) in [7, 11) is 0. The zero-order valence-corrected chi connectivity index (χ0v) is 18.2. The first-order valence-corrected chi connectivity index (χ1v) is 11.7. The zero-order valence-electron chi connectivity index (χ0n) is 18.2. The smallest absolute Gasteiger partial charge is 0.139 e. The average Bonchev–Trinajstić information content (AvgIpc) is 2.92. The fourth-order valence-electron chi connectivity index (χ4n) is 8.52. The van der Waals surface area contributed by atoms with E-state index in [2.05, 4.69) is 41.5 Å². The molecule has 0 bridgehead atoms. The number of Topliss-reactive ketones (excluding diaryl/α,β-unsaturated/α-hetero) is 1. The quantitative estimate of drug-likeness (QED) is 0.498. The van der Waals surface area contributed by atoms with Gasteiger partial charge in [0.05, 0.1) is 0 Å². The first-order chi connectivity index (χ1) is 12.1. The summed E-state index contributed by atoms with van der Waals surface area (Å²) in [4.78, 5) is 13.5. The average molecular weight is 359 g/mol. The molecule has 1 heteroatoms. The van der Waals surface area contributed by atoms with Crippen molar-refractivity contribution in [1.29, 1.82) is 0 Å². The first kappa shape index (κ1) is 19.0. The van der Waals surface area contributed by atoms with Crippen molar-refractivity contribution in [3.05, 3.63) is 0 Å². The molecule has 0 radical (unpaired) electrons. The number of hydrogen-bond acceptors (Lipinski definition) is 1. The largest absolute Gasteiger partial charge is 0.299 e. The maximum absolute atomic E-state index is 13.5. The molecule has 4 rings (SSSR count). The maximum atomic E-state index is 13.5. The third kappa shape index (κ3) is 2.51. The van der Waals surface area contributed by atoms with E-state index in [0.717, 1.165) is 24.2 Å². The van der Waals surface area contributed by atoms with Crippen LogP contribution in [0.3, 0.4) is 0 Å². The summed E-state index contributed by atoms with van der Waals surface area (Å²) in [5.41, 5.74) is 0.895. The molecule has 0 heterocycles. The van der Waals surface area contributed by atoms with Crippen molar-refractivity contribution in [2.45, 2.75) is 99.3 Å². The highest BCUT2D eigenvalue weighted by molar-refractivity contribution is 5.87. The molecule has 0 amide bonds. The highest BCUT2D eigenvalue weighted by atomic mass is 16.1. The summed E-state index contributed by atoms with van der Waals surface area (Å²) < 4.78 is 0. The van der Waals surface area contributed by atoms with Crippen LogP contribution in [0.15, 0.2) is 0 Å². The van der Waals surface area contributed by atoms with Crippen LogP contribution in [0.2, 0.25) is 0 Å². The molecule has 8 atom stereocenters. The van der Waals surface area contributed by atoms with Crippen molar-refractivity contribution < 1.29 is 4.79 Å². The standard InChI is InChI=1S/C25H42O/c1-7-16-9-11-20-19-10-8-18-14-17(23(2,3)4)12-13-24(18,5)21(19)15-22(26)25(16,20)6/h16-21H,7-15H2,1-6H3/t16-,17?,18?,19?,20?,21?,24-,25+/m0/s1. The van der Waals surface area contributed by atoms with Crippen molar-refractivity contribution in [3.8, 4) is 0 Å². The van der Waals surface area contributed by atoms with Gasteiger partial charge in [-0.1, -0.05) is 48.0 Å². The molecule has 0 spiro atoms. The molecule has 26 heavy (non-hydrogen) atoms. The Hall–Kier alpha value is -0.330. The molecular formula is C25H42O. The second-order valence-electron chi connectivity index (χ2n) is 12.1. The molecule has 4 fully saturated rings. The van der Waals surface area contributed by atoms with Gasteiger partial charge in [0.1, 0.15) is 5.78 Å². The highest BCUT2D eigenvalue weighted by Crippen LogP contribution is 2.67. The summed E-state index contributed by atoms with van der Waals surface area (Å²) >= 11 is 0. The van der Waals surface area contributed by atoms with Crippen molar-refractivity contribution in [2.24, 2.45) is 51.8 Å². The van der Waals surface area contributed by atoms with E-state index in [1.807, 2.05) is 0 Å². The Morgan fingerprint density at radius 1 is 1.00 bits per heavy atom. The van der Waals surface area contributed by atoms with E-state index in [1.165, 1.54) is 51.4 Å². The van der Waals surface area contributed by atoms with E-state index in [0.29, 0.717) is 34.4 Å². The van der Waals surface area contributed by atoms with Crippen molar-refractivity contribution in [2.75, 3.05) is 0 Å². The number of carbonyl (C=O) groups excluding carboxylic acids is 1. The topological polar surface area (TPSA) is 17.1 Å². The van der Waals surface area contributed by atoms with Gasteiger partial charge in [0.2, 0.25) is 0 Å². The van der Waals surface area contributed by atoms with Crippen LogP contribution >= 0.6 is 0 Å². The third-order valence-electron chi connectivity index (χ3n) is 10.4. The Bertz CT molecular complexity index is 571. The fourth-order valence-corrected chi connectivity index (χ4v) is 8.52. The lowest BCUT2D eigenvalue weighted by Crippen LogP contribution is -2.57. The van der Waals surface area contributed by atoms with Crippen LogP contribution in [0.25, 0.3) is 0 Å². The third-order valence-corrected chi connectivity index (χ3v) is 10.4. The molecule has 0 saturated heterocycles. The zero-order chi connectivity index (χ0) is 18.9. The molecule has 0 aromatic carbocycles. The Morgan fingerprint density at radius 2 is 1.73 bits per heavy atom. The summed E-state index contributed by atoms with van der Waals surface area (Å²) in [5.74, 6) is 5.25. The molecule has 5 unspecified atom stereocenters. The van der Waals surface area contributed by atoms with Crippen LogP contribution in [0.4, 0.5) is 0 Å². The number of ketones is 1. The predicted molar refractivity (Wildman–Crippen MR) is 109 cm³/mol. The molecule has 0 N–H and O–H groups in total. The van der Waals surface area contributed by atoms with Crippen LogP contribution in [-0.2, 0) is 4.79 Å². The number of hydrogen-bond donors (Lipinski definition) is 0. The maximum Gasteiger partial charge on any atom is 0.139 e. The van der Waals surface area contributed by atoms with Crippen LogP contribution in [0.1, 0.15) is 99.3 Å². The Morgan fingerprint density at radius 3 is 2.38 bits per heavy atom. The van der Waals surface area contributed by atoms with Crippen LogP contribution in [0, 0.1) is 51.8 Å². The van der Waals surface area contributed by atoms with Crippen molar-refractivity contribution in [1.82, 2.24) is 0 Å². The monoisotopic (exact) mass is 358 g/mol. The van der Waals surface area contributed by atoms with E-state index in [9.17, 15) is 4.79 Å². The van der Waals surface area contributed by atoms with E-state index in [-0.39, 0.29) is 5.41 Å². The summed E-state index contributed by atoms with van der Waals surface area (Å²) in [6.07, 6.45) is 11.7. The number of carbonyl (C=O) groups is 1. The van der Waals surface area contributed by atoms with Gasteiger partial charge < -0.3 is 0 Å². The van der Waals surface area contributed by atoms with Gasteiger partial charge in [0.15, 0.2) is 0 Å². The van der Waals surface area contributed by atoms with Gasteiger partial charge in [-0.2, -0.15) is 0 Å². The van der Waals surface area contributed by atoms with Crippen LogP contribution < -0.4 is 0 Å². The van der Waals surface area contributed by atoms with Gasteiger partial charge >= 0.3 is 0 Å². The molecule has 4 aliphatic carbocycles. The SMILES string of the molecule is CC[C@H]1CCC2C3CCC4CC(C(C)(C)C)CC[C@]4(C)C3CC(=O)[C@@]21C. The number of rotatable bonds is 1. The van der Waals surface area contributed by atoms with E-state index in [4.69, 9.17) is 0 Å². The summed E-state index contributed by atoms with van der Waals surface area (Å²) in [5, 5.41) is 0. The molecule has 1 nitrogen and oxygen atoms in total.